The standard InChI is InChI=1S/C34H37FN6/c1-4-10-23(19-36-18-22-11-6-7-12-22)17-24(5-2)27-20-38-31-28(29(27)35)34(3,21-39-31)33-40-30-26(25-13-8-9-14-25)15-16-37-32(30)41-33/h5,8,13-17,20,22,36H,6-7,9,11-12,18-19,21H2,1-3H3,(H,38,39)(H,37,40,41)/b23-17+,24-5+. The summed E-state index contributed by atoms with van der Waals surface area (Å²) in [6.07, 6.45) is 19.9. The first-order chi connectivity index (χ1) is 20.0. The summed E-state index contributed by atoms with van der Waals surface area (Å²) in [5.74, 6) is 7.92. The zero-order chi connectivity index (χ0) is 28.4. The molecule has 0 radical (unpaired) electrons. The van der Waals surface area contributed by atoms with Gasteiger partial charge in [0.25, 0.3) is 0 Å². The summed E-state index contributed by atoms with van der Waals surface area (Å²) in [4.78, 5) is 17.6. The van der Waals surface area contributed by atoms with Crippen LogP contribution in [-0.2, 0) is 5.41 Å². The molecule has 4 heterocycles. The number of aromatic nitrogens is 4. The fraction of sp³-hybridized carbons (Fsp3) is 0.382. The fourth-order valence-electron chi connectivity index (χ4n) is 6.37. The van der Waals surface area contributed by atoms with Crippen molar-refractivity contribution >= 4 is 28.1 Å². The number of H-pyrrole nitrogens is 1. The van der Waals surface area contributed by atoms with E-state index in [2.05, 4.69) is 55.7 Å². The normalized spacial score (nSPS) is 20.7. The first-order valence-corrected chi connectivity index (χ1v) is 14.7. The third-order valence-electron chi connectivity index (χ3n) is 8.63. The van der Waals surface area contributed by atoms with E-state index in [-0.39, 0.29) is 5.82 Å². The van der Waals surface area contributed by atoms with Gasteiger partial charge in [-0.05, 0) is 75.8 Å². The van der Waals surface area contributed by atoms with Gasteiger partial charge in [0.15, 0.2) is 5.65 Å². The molecule has 1 atom stereocenters. The van der Waals surface area contributed by atoms with Gasteiger partial charge in [0.05, 0.1) is 10.9 Å². The van der Waals surface area contributed by atoms with E-state index in [0.717, 1.165) is 46.7 Å². The number of pyridine rings is 2. The van der Waals surface area contributed by atoms with Crippen molar-refractivity contribution in [3.63, 3.8) is 0 Å². The van der Waals surface area contributed by atoms with E-state index in [4.69, 9.17) is 4.98 Å². The zero-order valence-electron chi connectivity index (χ0n) is 24.1. The summed E-state index contributed by atoms with van der Waals surface area (Å²) in [6, 6.07) is 2.00. The van der Waals surface area contributed by atoms with E-state index in [1.54, 1.807) is 12.4 Å². The van der Waals surface area contributed by atoms with Crippen LogP contribution in [0.15, 0.2) is 54.4 Å². The van der Waals surface area contributed by atoms with Gasteiger partial charge in [0, 0.05) is 47.7 Å². The Morgan fingerprint density at radius 2 is 2.12 bits per heavy atom. The quantitative estimate of drug-likeness (QED) is 0.216. The number of aromatic amines is 1. The molecule has 6 rings (SSSR count). The first kappa shape index (κ1) is 27.2. The minimum absolute atomic E-state index is 0.287. The second-order valence-corrected chi connectivity index (χ2v) is 11.4. The van der Waals surface area contributed by atoms with Crippen LogP contribution in [0.2, 0.25) is 0 Å². The van der Waals surface area contributed by atoms with Gasteiger partial charge in [0.2, 0.25) is 0 Å². The van der Waals surface area contributed by atoms with Crippen LogP contribution in [0.25, 0.3) is 22.3 Å². The Balaban J connectivity index is 1.34. The molecule has 1 aliphatic heterocycles. The molecule has 3 aliphatic rings. The molecule has 0 amide bonds. The lowest BCUT2D eigenvalue weighted by Gasteiger charge is -2.22. The first-order valence-electron chi connectivity index (χ1n) is 14.7. The van der Waals surface area contributed by atoms with Crippen LogP contribution < -0.4 is 10.6 Å². The third-order valence-corrected chi connectivity index (χ3v) is 8.63. The average molecular weight is 549 g/mol. The molecule has 0 aromatic carbocycles. The maximum atomic E-state index is 16.6. The number of imidazole rings is 1. The lowest BCUT2D eigenvalue weighted by atomic mass is 9.83. The van der Waals surface area contributed by atoms with Crippen molar-refractivity contribution in [1.82, 2.24) is 25.3 Å². The predicted octanol–water partition coefficient (Wildman–Crippen LogP) is 6.70. The Bertz CT molecular complexity index is 1660. The van der Waals surface area contributed by atoms with Crippen LogP contribution in [0.5, 0.6) is 0 Å². The highest BCUT2D eigenvalue weighted by atomic mass is 19.1. The summed E-state index contributed by atoms with van der Waals surface area (Å²) >= 11 is 0. The number of anilines is 1. The highest BCUT2D eigenvalue weighted by molar-refractivity contribution is 5.91. The van der Waals surface area contributed by atoms with Gasteiger partial charge in [-0.2, -0.15) is 0 Å². The monoisotopic (exact) mass is 548 g/mol. The lowest BCUT2D eigenvalue weighted by molar-refractivity contribution is 0.503. The average Bonchev–Trinajstić information content (AvgIpc) is 3.79. The highest BCUT2D eigenvalue weighted by Crippen LogP contribution is 2.43. The number of rotatable bonds is 8. The largest absolute Gasteiger partial charge is 0.368 e. The minimum Gasteiger partial charge on any atom is -0.368 e. The van der Waals surface area contributed by atoms with Crippen molar-refractivity contribution in [2.75, 3.05) is 25.0 Å². The number of allylic oxidation sites excluding steroid dienone is 7. The zero-order valence-corrected chi connectivity index (χ0v) is 24.1. The van der Waals surface area contributed by atoms with E-state index in [0.29, 0.717) is 41.5 Å². The van der Waals surface area contributed by atoms with Crippen LogP contribution in [0, 0.1) is 23.6 Å². The highest BCUT2D eigenvalue weighted by Gasteiger charge is 2.43. The second-order valence-electron chi connectivity index (χ2n) is 11.4. The number of nitrogens with zero attached hydrogens (tertiary/aromatic N) is 3. The predicted molar refractivity (Wildman–Crippen MR) is 165 cm³/mol. The molecule has 0 bridgehead atoms. The SMILES string of the molecule is CC#C/C(=C\C(=C/C)c1cnc2c(c1F)C(C)(c1nc3nccc(C4=CCC=C4)c3[nH]1)CN2)CNCC1CCCC1. The molecule has 1 saturated carbocycles. The third kappa shape index (κ3) is 5.13. The van der Waals surface area contributed by atoms with E-state index in [1.165, 1.54) is 25.7 Å². The van der Waals surface area contributed by atoms with Crippen molar-refractivity contribution in [1.29, 1.82) is 0 Å². The van der Waals surface area contributed by atoms with E-state index in [1.807, 2.05) is 39.0 Å². The van der Waals surface area contributed by atoms with Crippen LogP contribution >= 0.6 is 0 Å². The Hall–Kier alpha value is -4.02. The smallest absolute Gasteiger partial charge is 0.178 e. The number of halogens is 1. The topological polar surface area (TPSA) is 78.5 Å². The number of hydrogen-bond donors (Lipinski definition) is 3. The Morgan fingerprint density at radius 3 is 2.88 bits per heavy atom. The van der Waals surface area contributed by atoms with E-state index >= 15 is 4.39 Å². The van der Waals surface area contributed by atoms with Gasteiger partial charge in [-0.15, -0.1) is 5.92 Å². The van der Waals surface area contributed by atoms with Crippen LogP contribution in [0.1, 0.15) is 75.4 Å². The number of nitrogens with one attached hydrogen (secondary N) is 3. The van der Waals surface area contributed by atoms with Crippen LogP contribution in [0.3, 0.4) is 0 Å². The fourth-order valence-corrected chi connectivity index (χ4v) is 6.37. The summed E-state index contributed by atoms with van der Waals surface area (Å²) in [5.41, 5.74) is 5.62. The maximum Gasteiger partial charge on any atom is 0.178 e. The molecule has 1 unspecified atom stereocenters. The number of fused-ring (bicyclic) bond motifs is 2. The molecule has 41 heavy (non-hydrogen) atoms. The maximum absolute atomic E-state index is 16.6. The van der Waals surface area contributed by atoms with Crippen molar-refractivity contribution in [2.45, 2.75) is 58.3 Å². The number of hydrogen-bond acceptors (Lipinski definition) is 5. The van der Waals surface area contributed by atoms with Crippen molar-refractivity contribution < 1.29 is 4.39 Å². The Labute approximate surface area is 241 Å². The van der Waals surface area contributed by atoms with Gasteiger partial charge in [-0.3, -0.25) is 0 Å². The second kappa shape index (κ2) is 11.5. The van der Waals surface area contributed by atoms with Gasteiger partial charge in [0.1, 0.15) is 17.5 Å². The lowest BCUT2D eigenvalue weighted by Crippen LogP contribution is -2.28. The summed E-state index contributed by atoms with van der Waals surface area (Å²) < 4.78 is 16.6. The van der Waals surface area contributed by atoms with Gasteiger partial charge < -0.3 is 15.6 Å². The van der Waals surface area contributed by atoms with Gasteiger partial charge in [-0.1, -0.05) is 43.1 Å². The molecule has 7 heteroatoms. The summed E-state index contributed by atoms with van der Waals surface area (Å²) in [7, 11) is 0. The van der Waals surface area contributed by atoms with E-state index < -0.39 is 5.41 Å². The molecular formula is C34H37FN6. The molecule has 1 fully saturated rings. The van der Waals surface area contributed by atoms with Gasteiger partial charge >= 0.3 is 0 Å². The molecule has 0 saturated heterocycles. The van der Waals surface area contributed by atoms with Crippen molar-refractivity contribution in [2.24, 2.45) is 5.92 Å². The Morgan fingerprint density at radius 1 is 1.27 bits per heavy atom. The molecule has 6 nitrogen and oxygen atoms in total. The van der Waals surface area contributed by atoms with E-state index in [9.17, 15) is 0 Å². The minimum atomic E-state index is -0.752. The van der Waals surface area contributed by atoms with Gasteiger partial charge in [-0.25, -0.2) is 19.3 Å². The summed E-state index contributed by atoms with van der Waals surface area (Å²) in [5, 5.41) is 6.90. The molecular weight excluding hydrogens is 511 g/mol. The van der Waals surface area contributed by atoms with Crippen molar-refractivity contribution in [3.8, 4) is 11.8 Å². The molecule has 3 N–H and O–H groups in total. The molecule has 2 aliphatic carbocycles. The molecule has 210 valence electrons. The summed E-state index contributed by atoms with van der Waals surface area (Å²) in [6.45, 7) is 7.91. The van der Waals surface area contributed by atoms with Crippen LogP contribution in [0.4, 0.5) is 10.2 Å². The molecule has 3 aromatic rings. The van der Waals surface area contributed by atoms with Crippen molar-refractivity contribution in [3.05, 3.63) is 82.7 Å². The Kier molecular flexibility index (Phi) is 7.59. The van der Waals surface area contributed by atoms with Crippen LogP contribution in [-0.4, -0.2) is 39.6 Å². The molecule has 0 spiro atoms. The molecule has 3 aromatic heterocycles.